The van der Waals surface area contributed by atoms with Gasteiger partial charge in [0, 0.05) is 80.4 Å². The van der Waals surface area contributed by atoms with Crippen LogP contribution in [0, 0.1) is 12.7 Å². The minimum atomic E-state index is -1.34. The topological polar surface area (TPSA) is 117 Å². The number of hydrogen-bond donors (Lipinski definition) is 1. The fourth-order valence-electron chi connectivity index (χ4n) is 7.51. The average Bonchev–Trinajstić information content (AvgIpc) is 3.62. The van der Waals surface area contributed by atoms with Gasteiger partial charge in [0.15, 0.2) is 5.16 Å². The molecule has 0 saturated carbocycles. The summed E-state index contributed by atoms with van der Waals surface area (Å²) >= 11 is 10.2. The molecule has 4 bridgehead atoms. The van der Waals surface area contributed by atoms with Crippen molar-refractivity contribution in [2.75, 3.05) is 52.6 Å². The van der Waals surface area contributed by atoms with Gasteiger partial charge in [-0.2, -0.15) is 0 Å². The molecule has 0 radical (unpaired) electrons. The second kappa shape index (κ2) is 17.7. The molecular formula is C43H43ClFN7O4S2. The van der Waals surface area contributed by atoms with E-state index in [1.54, 1.807) is 24.4 Å². The Labute approximate surface area is 349 Å². The van der Waals surface area contributed by atoms with Gasteiger partial charge in [0.05, 0.1) is 11.1 Å². The van der Waals surface area contributed by atoms with Gasteiger partial charge in [-0.25, -0.2) is 29.1 Å². The molecule has 6 aromatic rings. The third-order valence-electron chi connectivity index (χ3n) is 10.7. The minimum absolute atomic E-state index is 0.00592. The van der Waals surface area contributed by atoms with E-state index in [1.165, 1.54) is 41.6 Å². The second-order valence-corrected chi connectivity index (χ2v) is 16.8. The van der Waals surface area contributed by atoms with Crippen LogP contribution in [0.5, 0.6) is 11.6 Å². The zero-order chi connectivity index (χ0) is 40.3. The van der Waals surface area contributed by atoms with E-state index >= 15 is 0 Å². The highest BCUT2D eigenvalue weighted by atomic mass is 35.5. The van der Waals surface area contributed by atoms with Crippen LogP contribution in [-0.2, 0) is 30.9 Å². The van der Waals surface area contributed by atoms with Crippen LogP contribution < -0.4 is 9.47 Å². The molecule has 15 heteroatoms. The predicted molar refractivity (Wildman–Crippen MR) is 226 cm³/mol. The number of piperazine rings is 1. The highest BCUT2D eigenvalue weighted by Crippen LogP contribution is 2.49. The molecule has 0 amide bonds. The molecule has 3 aliphatic heterocycles. The van der Waals surface area contributed by atoms with Crippen molar-refractivity contribution >= 4 is 50.9 Å². The van der Waals surface area contributed by atoms with Crippen molar-refractivity contribution in [1.29, 1.82) is 0 Å². The highest BCUT2D eigenvalue weighted by Gasteiger charge is 2.29. The zero-order valence-corrected chi connectivity index (χ0v) is 34.8. The van der Waals surface area contributed by atoms with E-state index in [2.05, 4.69) is 53.8 Å². The first kappa shape index (κ1) is 40.1. The molecule has 1 atom stereocenters. The smallest absolute Gasteiger partial charge is 0.345 e. The first-order chi connectivity index (χ1) is 28.1. The van der Waals surface area contributed by atoms with Crippen molar-refractivity contribution in [3.63, 3.8) is 0 Å². The largest absolute Gasteiger partial charge is 0.487 e. The van der Waals surface area contributed by atoms with E-state index in [0.29, 0.717) is 50.5 Å². The van der Waals surface area contributed by atoms with E-state index in [-0.39, 0.29) is 24.7 Å². The molecule has 58 heavy (non-hydrogen) atoms. The Bertz CT molecular complexity index is 2450. The number of aromatic nitrogens is 4. The van der Waals surface area contributed by atoms with Crippen LogP contribution in [0.15, 0.2) is 78.3 Å². The number of rotatable bonds is 9. The van der Waals surface area contributed by atoms with E-state index in [4.69, 9.17) is 21.1 Å². The maximum Gasteiger partial charge on any atom is 0.345 e. The number of likely N-dealkylation sites (N-methyl/N-ethyl adjacent to an activating group) is 1. The summed E-state index contributed by atoms with van der Waals surface area (Å²) in [7, 11) is 2.16. The van der Waals surface area contributed by atoms with Crippen LogP contribution in [0.1, 0.15) is 27.9 Å². The summed E-state index contributed by atoms with van der Waals surface area (Å²) in [4.78, 5) is 39.8. The number of carbonyl (C=O) groups is 1. The second-order valence-electron chi connectivity index (χ2n) is 14.7. The van der Waals surface area contributed by atoms with Gasteiger partial charge in [0.25, 0.3) is 0 Å². The van der Waals surface area contributed by atoms with Gasteiger partial charge < -0.3 is 19.5 Å². The minimum Gasteiger partial charge on any atom is -0.487 e. The van der Waals surface area contributed by atoms with Gasteiger partial charge in [0.1, 0.15) is 29.3 Å². The summed E-state index contributed by atoms with van der Waals surface area (Å²) in [5.74, 6) is -0.847. The normalized spacial score (nSPS) is 16.7. The number of halogens is 2. The molecule has 1 N–H and O–H groups in total. The number of thioether (sulfide) groups is 1. The fourth-order valence-corrected chi connectivity index (χ4v) is 9.26. The molecule has 0 aliphatic carbocycles. The number of ether oxygens (including phenoxy) is 2. The maximum atomic E-state index is 14.2. The summed E-state index contributed by atoms with van der Waals surface area (Å²) < 4.78 is 27.0. The zero-order valence-electron chi connectivity index (χ0n) is 32.5. The molecule has 1 saturated heterocycles. The van der Waals surface area contributed by atoms with Crippen molar-refractivity contribution in [3.05, 3.63) is 112 Å². The maximum absolute atomic E-state index is 14.2. The molecular weight excluding hydrogens is 797 g/mol. The third kappa shape index (κ3) is 8.82. The summed E-state index contributed by atoms with van der Waals surface area (Å²) in [5.41, 5.74) is 6.58. The van der Waals surface area contributed by atoms with E-state index in [9.17, 15) is 14.3 Å². The quantitative estimate of drug-likeness (QED) is 0.113. The summed E-state index contributed by atoms with van der Waals surface area (Å²) in [6, 6.07) is 18.2. The number of aliphatic carboxylic acids is 1. The summed E-state index contributed by atoms with van der Waals surface area (Å²) in [6.45, 7) is 9.12. The van der Waals surface area contributed by atoms with E-state index < -0.39 is 12.1 Å². The average molecular weight is 840 g/mol. The molecule has 0 spiro atoms. The van der Waals surface area contributed by atoms with Crippen molar-refractivity contribution in [2.24, 2.45) is 0 Å². The lowest BCUT2D eigenvalue weighted by atomic mass is 9.94. The predicted octanol–water partition coefficient (Wildman–Crippen LogP) is 7.85. The molecule has 6 heterocycles. The van der Waals surface area contributed by atoms with Gasteiger partial charge in [-0.15, -0.1) is 11.3 Å². The number of benzene rings is 3. The molecule has 0 unspecified atom stereocenters. The number of hydrogen-bond acceptors (Lipinski definition) is 12. The first-order valence-electron chi connectivity index (χ1n) is 19.1. The fraction of sp³-hybridized carbons (Fsp3) is 0.326. The van der Waals surface area contributed by atoms with Crippen LogP contribution in [0.2, 0.25) is 5.02 Å². The molecule has 11 nitrogen and oxygen atoms in total. The number of nitrogens with zero attached hydrogens (tertiary/aromatic N) is 7. The summed E-state index contributed by atoms with van der Waals surface area (Å²) in [5, 5.41) is 12.6. The Morgan fingerprint density at radius 2 is 1.79 bits per heavy atom. The lowest BCUT2D eigenvalue weighted by Crippen LogP contribution is -2.46. The van der Waals surface area contributed by atoms with Gasteiger partial charge in [-0.05, 0) is 77.9 Å². The Morgan fingerprint density at radius 1 is 1.00 bits per heavy atom. The molecule has 3 aromatic heterocycles. The molecule has 1 fully saturated rings. The Morgan fingerprint density at radius 3 is 2.57 bits per heavy atom. The SMILES string of the molecule is CSc1nccc(COc2ccc3cc2C[C@H](C(=O)O)Oc2ncnc4sc(-c5ccc(F)cc5)c(c24)-c2ccc(c(Cl)c2C)CN(CCN2CCN(C)CC2)C3)n1. The van der Waals surface area contributed by atoms with Crippen molar-refractivity contribution in [3.8, 4) is 33.2 Å². The van der Waals surface area contributed by atoms with Gasteiger partial charge in [-0.1, -0.05) is 59.8 Å². The van der Waals surface area contributed by atoms with Crippen LogP contribution in [-0.4, -0.2) is 104 Å². The van der Waals surface area contributed by atoms with Crippen LogP contribution in [0.25, 0.3) is 31.8 Å². The number of thiophene rings is 1. The van der Waals surface area contributed by atoms with Crippen LogP contribution in [0.3, 0.4) is 0 Å². The molecule has 3 aromatic carbocycles. The van der Waals surface area contributed by atoms with Crippen molar-refractivity contribution in [2.45, 2.75) is 44.3 Å². The lowest BCUT2D eigenvalue weighted by Gasteiger charge is -2.34. The number of fused-ring (bicyclic) bond motifs is 6. The first-order valence-corrected chi connectivity index (χ1v) is 21.5. The Balaban J connectivity index is 1.25. The monoisotopic (exact) mass is 839 g/mol. The van der Waals surface area contributed by atoms with Crippen LogP contribution >= 0.6 is 34.7 Å². The standard InChI is InChI=1S/C43H43ClFN7O4S2/c1-26-33-10-7-29(38(26)44)23-52(19-18-51-16-14-50(2)15-17-51)22-27-4-11-34(55-24-32-12-13-46-43(49-32)57-3)30(20-27)21-35(42(53)54)56-40-37-36(33)39(58-41(37)48-25-47-40)28-5-8-31(45)9-6-28/h4-13,20,25,35H,14-19,21-24H2,1-3H3,(H,53,54)/t35-/m1/s1. The number of carboxylic acids is 1. The van der Waals surface area contributed by atoms with Crippen LogP contribution in [0.4, 0.5) is 4.39 Å². The molecule has 9 rings (SSSR count). The highest BCUT2D eigenvalue weighted by molar-refractivity contribution is 7.98. The van der Waals surface area contributed by atoms with Gasteiger partial charge in [0.2, 0.25) is 12.0 Å². The third-order valence-corrected chi connectivity index (χ3v) is 13.0. The Hall–Kier alpha value is -4.70. The molecule has 3 aliphatic rings. The van der Waals surface area contributed by atoms with Crippen molar-refractivity contribution < 1.29 is 23.8 Å². The van der Waals surface area contributed by atoms with Crippen molar-refractivity contribution in [1.82, 2.24) is 34.6 Å². The van der Waals surface area contributed by atoms with E-state index in [1.807, 2.05) is 31.4 Å². The lowest BCUT2D eigenvalue weighted by molar-refractivity contribution is -0.145. The van der Waals surface area contributed by atoms with E-state index in [0.717, 1.165) is 77.5 Å². The molecule has 300 valence electrons. The number of carboxylic acid groups (broad SMARTS) is 1. The summed E-state index contributed by atoms with van der Waals surface area (Å²) in [6.07, 6.45) is 3.65. The van der Waals surface area contributed by atoms with Gasteiger partial charge in [-0.3, -0.25) is 9.80 Å². The Kier molecular flexibility index (Phi) is 12.2. The van der Waals surface area contributed by atoms with Gasteiger partial charge >= 0.3 is 5.97 Å².